The quantitative estimate of drug-likeness (QED) is 0.494. The van der Waals surface area contributed by atoms with E-state index in [9.17, 15) is 0 Å². The molecular weight excluding hydrogens is 76.1 g/mol. The first-order valence-corrected chi connectivity index (χ1v) is 2.37. The summed E-state index contributed by atoms with van der Waals surface area (Å²) < 4.78 is 0. The van der Waals surface area contributed by atoms with Gasteiger partial charge in [-0.2, -0.15) is 0 Å². The summed E-state index contributed by atoms with van der Waals surface area (Å²) in [5.41, 5.74) is 0. The van der Waals surface area contributed by atoms with Crippen molar-refractivity contribution in [3.63, 3.8) is 0 Å². The molecule has 1 aliphatic rings. The van der Waals surface area contributed by atoms with Crippen molar-refractivity contribution in [1.82, 2.24) is 0 Å². The van der Waals surface area contributed by atoms with Gasteiger partial charge in [-0.25, -0.2) is 0 Å². The molecular formula is C5H9O. The average Bonchev–Trinajstić information content (AvgIpc) is 1.31. The summed E-state index contributed by atoms with van der Waals surface area (Å²) in [6.45, 7) is 0.361. The predicted molar refractivity (Wildman–Crippen MR) is 24.1 cm³/mol. The lowest BCUT2D eigenvalue weighted by Gasteiger charge is -2.21. The second-order valence-electron chi connectivity index (χ2n) is 1.76. The zero-order valence-electron chi connectivity index (χ0n) is 3.72. The third-order valence-electron chi connectivity index (χ3n) is 1.27. The summed E-state index contributed by atoms with van der Waals surface area (Å²) in [6.07, 6.45) is 4.57. The lowest BCUT2D eigenvalue weighted by molar-refractivity contribution is 0.207. The van der Waals surface area contributed by atoms with Gasteiger partial charge in [-0.1, -0.05) is 0 Å². The molecule has 1 rings (SSSR count). The molecule has 0 heterocycles. The average molecular weight is 85.1 g/mol. The first-order valence-electron chi connectivity index (χ1n) is 2.37. The van der Waals surface area contributed by atoms with Crippen molar-refractivity contribution in [3.8, 4) is 0 Å². The van der Waals surface area contributed by atoms with Gasteiger partial charge in [0.05, 0.1) is 0 Å². The van der Waals surface area contributed by atoms with E-state index in [0.29, 0.717) is 12.5 Å². The monoisotopic (exact) mass is 85.1 g/mol. The summed E-state index contributed by atoms with van der Waals surface area (Å²) >= 11 is 0. The van der Waals surface area contributed by atoms with Crippen molar-refractivity contribution in [3.05, 3.63) is 6.42 Å². The molecule has 0 aliphatic heterocycles. The summed E-state index contributed by atoms with van der Waals surface area (Å²) in [6, 6.07) is 0. The van der Waals surface area contributed by atoms with Gasteiger partial charge in [0, 0.05) is 6.61 Å². The summed E-state index contributed by atoms with van der Waals surface area (Å²) in [5, 5.41) is 8.35. The van der Waals surface area contributed by atoms with Crippen LogP contribution in [-0.2, 0) is 0 Å². The van der Waals surface area contributed by atoms with Crippen molar-refractivity contribution in [1.29, 1.82) is 0 Å². The molecule has 1 N–H and O–H groups in total. The number of hydrogen-bond donors (Lipinski definition) is 1. The largest absolute Gasteiger partial charge is 0.396 e. The van der Waals surface area contributed by atoms with Gasteiger partial charge in [0.2, 0.25) is 0 Å². The summed E-state index contributed by atoms with van der Waals surface area (Å²) in [7, 11) is 0. The zero-order chi connectivity index (χ0) is 4.41. The van der Waals surface area contributed by atoms with Crippen LogP contribution in [0.1, 0.15) is 12.8 Å². The highest BCUT2D eigenvalue weighted by molar-refractivity contribution is 4.86. The molecule has 1 fully saturated rings. The Morgan fingerprint density at radius 3 is 2.50 bits per heavy atom. The van der Waals surface area contributed by atoms with Crippen LogP contribution in [0.25, 0.3) is 0 Å². The molecule has 0 saturated heterocycles. The number of rotatable bonds is 1. The fourth-order valence-corrected chi connectivity index (χ4v) is 0.568. The third-order valence-corrected chi connectivity index (χ3v) is 1.27. The van der Waals surface area contributed by atoms with Gasteiger partial charge in [0.15, 0.2) is 0 Å². The van der Waals surface area contributed by atoms with Gasteiger partial charge in [0.1, 0.15) is 0 Å². The molecule has 1 heteroatoms. The zero-order valence-corrected chi connectivity index (χ0v) is 3.72. The molecule has 0 aromatic heterocycles. The van der Waals surface area contributed by atoms with E-state index in [-0.39, 0.29) is 0 Å². The van der Waals surface area contributed by atoms with Crippen LogP contribution in [0, 0.1) is 12.3 Å². The van der Waals surface area contributed by atoms with Crippen molar-refractivity contribution in [2.24, 2.45) is 5.92 Å². The van der Waals surface area contributed by atoms with Crippen LogP contribution in [0.15, 0.2) is 0 Å². The molecule has 0 aromatic carbocycles. The minimum absolute atomic E-state index is 0.361. The van der Waals surface area contributed by atoms with E-state index in [1.165, 1.54) is 12.8 Å². The summed E-state index contributed by atoms with van der Waals surface area (Å²) in [4.78, 5) is 0. The maximum atomic E-state index is 8.35. The number of hydrogen-bond acceptors (Lipinski definition) is 1. The molecule has 0 aromatic rings. The Hall–Kier alpha value is -0.0400. The Labute approximate surface area is 38.0 Å². The molecule has 1 atom stereocenters. The molecule has 1 radical (unpaired) electrons. The number of aliphatic hydroxyl groups excluding tert-OH is 1. The van der Waals surface area contributed by atoms with Crippen LogP contribution in [0.3, 0.4) is 0 Å². The van der Waals surface area contributed by atoms with Crippen LogP contribution in [-0.4, -0.2) is 11.7 Å². The topological polar surface area (TPSA) is 20.2 Å². The van der Waals surface area contributed by atoms with Crippen molar-refractivity contribution >= 4 is 0 Å². The molecule has 1 saturated carbocycles. The Balaban J connectivity index is 2.01. The Kier molecular flexibility index (Phi) is 1.10. The predicted octanol–water partition coefficient (Wildman–Crippen LogP) is 0.593. The summed E-state index contributed by atoms with van der Waals surface area (Å²) in [5.74, 6) is 0.546. The van der Waals surface area contributed by atoms with Crippen molar-refractivity contribution in [2.75, 3.05) is 6.61 Å². The fraction of sp³-hybridized carbons (Fsp3) is 0.800. The molecule has 0 unspecified atom stereocenters. The lowest BCUT2D eigenvalue weighted by atomic mass is 9.86. The van der Waals surface area contributed by atoms with Crippen LogP contribution < -0.4 is 0 Å². The Morgan fingerprint density at radius 1 is 1.83 bits per heavy atom. The third kappa shape index (κ3) is 0.548. The second-order valence-corrected chi connectivity index (χ2v) is 1.76. The van der Waals surface area contributed by atoms with Gasteiger partial charge in [-0.3, -0.25) is 0 Å². The highest BCUT2D eigenvalue weighted by atomic mass is 16.3. The minimum atomic E-state index is 0.361. The molecule has 0 amide bonds. The van der Waals surface area contributed by atoms with Crippen molar-refractivity contribution in [2.45, 2.75) is 12.8 Å². The van der Waals surface area contributed by atoms with E-state index < -0.39 is 0 Å². The molecule has 1 nitrogen and oxygen atoms in total. The second kappa shape index (κ2) is 1.61. The molecule has 35 valence electrons. The van der Waals surface area contributed by atoms with Crippen LogP contribution in [0.4, 0.5) is 0 Å². The highest BCUT2D eigenvalue weighted by Gasteiger charge is 2.15. The van der Waals surface area contributed by atoms with E-state index in [0.717, 1.165) is 0 Å². The Morgan fingerprint density at radius 2 is 2.50 bits per heavy atom. The van der Waals surface area contributed by atoms with Crippen molar-refractivity contribution < 1.29 is 5.11 Å². The van der Waals surface area contributed by atoms with Crippen LogP contribution in [0.5, 0.6) is 0 Å². The standard InChI is InChI=1S/C5H9O/c6-4-5-2-1-3-5/h2,5-6H,1,3-4H2/t5-/m1/s1. The number of aliphatic hydroxyl groups is 1. The van der Waals surface area contributed by atoms with E-state index >= 15 is 0 Å². The fourth-order valence-electron chi connectivity index (χ4n) is 0.568. The normalized spacial score (nSPS) is 23.5. The van der Waals surface area contributed by atoms with Gasteiger partial charge in [-0.05, 0) is 25.2 Å². The molecule has 6 heavy (non-hydrogen) atoms. The first kappa shape index (κ1) is 4.13. The van der Waals surface area contributed by atoms with Crippen LogP contribution in [0.2, 0.25) is 0 Å². The van der Waals surface area contributed by atoms with Gasteiger partial charge >= 0.3 is 0 Å². The van der Waals surface area contributed by atoms with E-state index in [1.807, 2.05) is 0 Å². The maximum absolute atomic E-state index is 8.35. The molecule has 1 aliphatic carbocycles. The van der Waals surface area contributed by atoms with E-state index in [1.54, 1.807) is 0 Å². The van der Waals surface area contributed by atoms with Gasteiger partial charge in [0.25, 0.3) is 0 Å². The van der Waals surface area contributed by atoms with Gasteiger partial charge in [-0.15, -0.1) is 0 Å². The smallest absolute Gasteiger partial charge is 0.0462 e. The van der Waals surface area contributed by atoms with E-state index in [4.69, 9.17) is 5.11 Å². The SMILES string of the molecule is OC[C@@H]1[CH]CC1. The van der Waals surface area contributed by atoms with Crippen LogP contribution >= 0.6 is 0 Å². The molecule has 0 bridgehead atoms. The minimum Gasteiger partial charge on any atom is -0.396 e. The highest BCUT2D eigenvalue weighted by Crippen LogP contribution is 2.23. The maximum Gasteiger partial charge on any atom is 0.0462 e. The first-order chi connectivity index (χ1) is 2.93. The molecule has 0 spiro atoms. The lowest BCUT2D eigenvalue weighted by Crippen LogP contribution is -2.15. The van der Waals surface area contributed by atoms with Gasteiger partial charge < -0.3 is 5.11 Å². The Bertz CT molecular complexity index is 36.4. The van der Waals surface area contributed by atoms with E-state index in [2.05, 4.69) is 6.42 Å².